The first-order valence-electron chi connectivity index (χ1n) is 20.7. The molecule has 5 rings (SSSR count). The number of hydrogen-bond donors (Lipinski definition) is 2. The Hall–Kier alpha value is -6.57. The van der Waals surface area contributed by atoms with Gasteiger partial charge in [-0.25, -0.2) is 0 Å². The number of esters is 1. The summed E-state index contributed by atoms with van der Waals surface area (Å²) < 4.78 is 30.1. The fourth-order valence-electron chi connectivity index (χ4n) is 6.85. The first-order chi connectivity index (χ1) is 30.0. The molecule has 326 valence electrons. The van der Waals surface area contributed by atoms with Crippen molar-refractivity contribution in [1.82, 2.24) is 5.32 Å². The van der Waals surface area contributed by atoms with Crippen LogP contribution in [0.25, 0.3) is 0 Å². The molecule has 0 aromatic heterocycles. The van der Waals surface area contributed by atoms with Gasteiger partial charge in [0.2, 0.25) is 5.91 Å². The van der Waals surface area contributed by atoms with Crippen molar-refractivity contribution < 1.29 is 38.1 Å². The van der Waals surface area contributed by atoms with Crippen LogP contribution in [0.1, 0.15) is 59.7 Å². The smallest absolute Gasteiger partial charge is 0.306 e. The zero-order valence-corrected chi connectivity index (χ0v) is 36.1. The van der Waals surface area contributed by atoms with E-state index >= 15 is 0 Å². The lowest BCUT2D eigenvalue weighted by Crippen LogP contribution is -2.39. The first-order valence-corrected chi connectivity index (χ1v) is 20.7. The number of ether oxygens (including phenoxy) is 5. The Bertz CT molecular complexity index is 2130. The molecular formula is C49H57N5O8. The lowest BCUT2D eigenvalue weighted by molar-refractivity contribution is -0.160. The number of methoxy groups -OCH3 is 2. The number of carbonyl (C=O) groups excluding carboxylic acids is 3. The van der Waals surface area contributed by atoms with Crippen molar-refractivity contribution >= 4 is 34.8 Å². The number of carbonyl (C=O) groups is 3. The Balaban J connectivity index is 1.29. The molecule has 5 aromatic rings. The molecule has 0 aliphatic heterocycles. The molecule has 0 fully saturated rings. The minimum Gasteiger partial charge on any atom is -0.497 e. The summed E-state index contributed by atoms with van der Waals surface area (Å²) in [5.41, 5.74) is 9.52. The summed E-state index contributed by atoms with van der Waals surface area (Å²) in [4.78, 5) is 39.8. The van der Waals surface area contributed by atoms with Gasteiger partial charge in [0, 0.05) is 38.3 Å². The second-order valence-electron chi connectivity index (χ2n) is 15.0. The standard InChI is InChI=1S/C49H57N5O8/c1-6-10-35(31-51-48(57)36-13-19-40(20-14-36)52-53-41-21-23-42(24-22-41)54(2)3)32-60-33-45(62-47(56)30-29-46(50)55)34-61-49(37-11-8-7-9-12-37,38-15-25-43(58-4)26-16-38)39-17-27-44(59-5)28-18-39/h7-9,11-28,35,45H,6,10,29-34H2,1-5H3,(H2,50,55)(H,51,57). The van der Waals surface area contributed by atoms with Crippen LogP contribution in [0.4, 0.5) is 17.1 Å². The molecule has 13 heteroatoms. The minimum atomic E-state index is -1.17. The van der Waals surface area contributed by atoms with Crippen LogP contribution in [0.5, 0.6) is 11.5 Å². The Morgan fingerprint density at radius 2 is 1.24 bits per heavy atom. The zero-order chi connectivity index (χ0) is 44.3. The average Bonchev–Trinajstić information content (AvgIpc) is 3.30. The summed E-state index contributed by atoms with van der Waals surface area (Å²) in [6.07, 6.45) is 0.418. The van der Waals surface area contributed by atoms with E-state index in [9.17, 15) is 14.4 Å². The van der Waals surface area contributed by atoms with Gasteiger partial charge in [-0.3, -0.25) is 14.4 Å². The normalized spacial score (nSPS) is 12.3. The van der Waals surface area contributed by atoms with Crippen molar-refractivity contribution in [3.8, 4) is 11.5 Å². The number of primary amides is 1. The molecule has 2 unspecified atom stereocenters. The molecule has 3 N–H and O–H groups in total. The van der Waals surface area contributed by atoms with Crippen LogP contribution in [0.15, 0.2) is 138 Å². The van der Waals surface area contributed by atoms with Crippen LogP contribution in [0.2, 0.25) is 0 Å². The fraction of sp³-hybridized carbons (Fsp3) is 0.327. The van der Waals surface area contributed by atoms with Crippen molar-refractivity contribution in [1.29, 1.82) is 0 Å². The van der Waals surface area contributed by atoms with Gasteiger partial charge in [0.1, 0.15) is 23.2 Å². The molecule has 5 aromatic carbocycles. The average molecular weight is 844 g/mol. The number of rotatable bonds is 24. The quantitative estimate of drug-likeness (QED) is 0.0352. The third kappa shape index (κ3) is 13.2. The molecule has 0 radical (unpaired) electrons. The van der Waals surface area contributed by atoms with Gasteiger partial charge in [0.05, 0.1) is 51.8 Å². The molecule has 2 atom stereocenters. The van der Waals surface area contributed by atoms with Gasteiger partial charge in [0.15, 0.2) is 0 Å². The van der Waals surface area contributed by atoms with Crippen LogP contribution < -0.4 is 25.4 Å². The SMILES string of the molecule is CCCC(CNC(=O)c1ccc(N=Nc2ccc(N(C)C)cc2)cc1)COCC(COC(c1ccccc1)(c1ccc(OC)cc1)c1ccc(OC)cc1)OC(=O)CCC(N)=O. The van der Waals surface area contributed by atoms with E-state index in [1.807, 2.05) is 122 Å². The number of nitrogens with zero attached hydrogens (tertiary/aromatic N) is 3. The highest BCUT2D eigenvalue weighted by Crippen LogP contribution is 2.42. The van der Waals surface area contributed by atoms with Gasteiger partial charge in [0.25, 0.3) is 5.91 Å². The summed E-state index contributed by atoms with van der Waals surface area (Å²) in [6.45, 7) is 2.62. The second-order valence-corrected chi connectivity index (χ2v) is 15.0. The number of anilines is 1. The van der Waals surface area contributed by atoms with Crippen molar-refractivity contribution in [2.24, 2.45) is 21.9 Å². The Labute approximate surface area is 364 Å². The molecule has 0 saturated heterocycles. The topological polar surface area (TPSA) is 163 Å². The molecule has 13 nitrogen and oxygen atoms in total. The molecule has 0 aliphatic rings. The van der Waals surface area contributed by atoms with E-state index in [4.69, 9.17) is 29.4 Å². The number of hydrogen-bond acceptors (Lipinski definition) is 11. The van der Waals surface area contributed by atoms with Crippen LogP contribution in [-0.4, -0.2) is 78.6 Å². The van der Waals surface area contributed by atoms with Gasteiger partial charge >= 0.3 is 5.97 Å². The highest BCUT2D eigenvalue weighted by Gasteiger charge is 2.39. The molecule has 62 heavy (non-hydrogen) atoms. The summed E-state index contributed by atoms with van der Waals surface area (Å²) in [5.74, 6) is -0.124. The molecule has 0 saturated carbocycles. The van der Waals surface area contributed by atoms with Gasteiger partial charge < -0.3 is 39.6 Å². The van der Waals surface area contributed by atoms with E-state index in [1.54, 1.807) is 38.5 Å². The Kier molecular flexibility index (Phi) is 17.6. The maximum atomic E-state index is 13.2. The lowest BCUT2D eigenvalue weighted by atomic mass is 9.80. The van der Waals surface area contributed by atoms with Crippen LogP contribution >= 0.6 is 0 Å². The van der Waals surface area contributed by atoms with E-state index in [0.717, 1.165) is 40.9 Å². The van der Waals surface area contributed by atoms with E-state index in [2.05, 4.69) is 22.5 Å². The van der Waals surface area contributed by atoms with Gasteiger partial charge in [-0.2, -0.15) is 10.2 Å². The highest BCUT2D eigenvalue weighted by molar-refractivity contribution is 5.94. The highest BCUT2D eigenvalue weighted by atomic mass is 16.6. The van der Waals surface area contributed by atoms with Gasteiger partial charge in [-0.15, -0.1) is 0 Å². The van der Waals surface area contributed by atoms with E-state index in [-0.39, 0.29) is 44.5 Å². The summed E-state index contributed by atoms with van der Waals surface area (Å²) in [6, 6.07) is 39.7. The Morgan fingerprint density at radius 3 is 1.76 bits per heavy atom. The van der Waals surface area contributed by atoms with E-state index in [1.165, 1.54) is 0 Å². The maximum Gasteiger partial charge on any atom is 0.306 e. The molecule has 2 amide bonds. The Morgan fingerprint density at radius 1 is 0.694 bits per heavy atom. The van der Waals surface area contributed by atoms with Crippen LogP contribution in [0.3, 0.4) is 0 Å². The largest absolute Gasteiger partial charge is 0.497 e. The second kappa shape index (κ2) is 23.4. The van der Waals surface area contributed by atoms with E-state index in [0.29, 0.717) is 29.3 Å². The molecule has 0 bridgehead atoms. The molecule has 0 heterocycles. The van der Waals surface area contributed by atoms with Crippen molar-refractivity contribution in [2.45, 2.75) is 44.3 Å². The molecule has 0 aliphatic carbocycles. The third-order valence-electron chi connectivity index (χ3n) is 10.2. The van der Waals surface area contributed by atoms with Crippen molar-refractivity contribution in [2.75, 3.05) is 59.6 Å². The number of nitrogens with one attached hydrogen (secondary N) is 1. The maximum absolute atomic E-state index is 13.2. The number of azo groups is 1. The minimum absolute atomic E-state index is 0.0115. The predicted molar refractivity (Wildman–Crippen MR) is 240 cm³/mol. The molecule has 0 spiro atoms. The zero-order valence-electron chi connectivity index (χ0n) is 36.1. The van der Waals surface area contributed by atoms with Gasteiger partial charge in [-0.1, -0.05) is 67.9 Å². The third-order valence-corrected chi connectivity index (χ3v) is 10.2. The van der Waals surface area contributed by atoms with Crippen molar-refractivity contribution in [3.63, 3.8) is 0 Å². The molecular weight excluding hydrogens is 787 g/mol. The monoisotopic (exact) mass is 843 g/mol. The first kappa shape index (κ1) is 46.5. The van der Waals surface area contributed by atoms with Crippen molar-refractivity contribution in [3.05, 3.63) is 150 Å². The number of nitrogens with two attached hydrogens (primary N) is 1. The lowest BCUT2D eigenvalue weighted by Gasteiger charge is -2.37. The summed E-state index contributed by atoms with van der Waals surface area (Å²) >= 11 is 0. The number of benzene rings is 5. The summed E-state index contributed by atoms with van der Waals surface area (Å²) in [5, 5.41) is 11.7. The predicted octanol–water partition coefficient (Wildman–Crippen LogP) is 8.53. The number of amides is 2. The van der Waals surface area contributed by atoms with Crippen LogP contribution in [0, 0.1) is 5.92 Å². The fourth-order valence-corrected chi connectivity index (χ4v) is 6.85. The van der Waals surface area contributed by atoms with E-state index < -0.39 is 23.6 Å². The van der Waals surface area contributed by atoms with Crippen LogP contribution in [-0.2, 0) is 29.4 Å². The summed E-state index contributed by atoms with van der Waals surface area (Å²) in [7, 11) is 7.17. The van der Waals surface area contributed by atoms with Gasteiger partial charge in [-0.05, 0) is 102 Å².